The normalized spacial score (nSPS) is 12.5. The quantitative estimate of drug-likeness (QED) is 0.634. The summed E-state index contributed by atoms with van der Waals surface area (Å²) in [7, 11) is 0. The number of hydrogen-bond donors (Lipinski definition) is 2. The van der Waals surface area contributed by atoms with Crippen molar-refractivity contribution in [2.45, 2.75) is 33.7 Å². The number of aryl methyl sites for hydroxylation is 2. The Hall–Kier alpha value is -2.65. The highest BCUT2D eigenvalue weighted by molar-refractivity contribution is 7.18. The van der Waals surface area contributed by atoms with E-state index in [4.69, 9.17) is 0 Å². The fraction of sp³-hybridized carbons (Fsp3) is 0.350. The van der Waals surface area contributed by atoms with Gasteiger partial charge in [-0.1, -0.05) is 13.0 Å². The Kier molecular flexibility index (Phi) is 6.09. The second kappa shape index (κ2) is 8.38. The maximum atomic E-state index is 13.8. The van der Waals surface area contributed by atoms with Gasteiger partial charge in [0.05, 0.1) is 18.0 Å². The summed E-state index contributed by atoms with van der Waals surface area (Å²) in [5.41, 5.74) is 0.225. The predicted octanol–water partition coefficient (Wildman–Crippen LogP) is 3.90. The van der Waals surface area contributed by atoms with E-state index >= 15 is 0 Å². The molecule has 1 unspecified atom stereocenters. The number of anilines is 1. The van der Waals surface area contributed by atoms with E-state index in [0.29, 0.717) is 22.6 Å². The van der Waals surface area contributed by atoms with Gasteiger partial charge in [-0.3, -0.25) is 14.5 Å². The number of aromatic nitrogens is 2. The molecule has 0 aliphatic heterocycles. The van der Waals surface area contributed by atoms with Crippen LogP contribution >= 0.6 is 11.3 Å². The second-order valence-electron chi connectivity index (χ2n) is 6.80. The Morgan fingerprint density at radius 3 is 2.59 bits per heavy atom. The minimum atomic E-state index is -0.839. The summed E-state index contributed by atoms with van der Waals surface area (Å²) in [5.74, 6) is -1.80. The molecular formula is C20H22F2N4O2S. The number of thiophene rings is 1. The molecule has 0 fully saturated rings. The highest BCUT2D eigenvalue weighted by atomic mass is 32.1. The molecule has 1 amide bonds. The Balaban J connectivity index is 1.82. The first-order valence-corrected chi connectivity index (χ1v) is 10.0. The van der Waals surface area contributed by atoms with Gasteiger partial charge in [-0.25, -0.2) is 13.8 Å². The molecule has 9 heteroatoms. The van der Waals surface area contributed by atoms with Crippen LogP contribution in [0.3, 0.4) is 0 Å². The first kappa shape index (κ1) is 21.1. The number of aromatic amines is 1. The summed E-state index contributed by atoms with van der Waals surface area (Å²) in [5, 5.41) is 2.86. The molecular weight excluding hydrogens is 398 g/mol. The van der Waals surface area contributed by atoms with E-state index in [0.717, 1.165) is 22.6 Å². The molecule has 2 N–H and O–H groups in total. The third-order valence-electron chi connectivity index (χ3n) is 4.98. The van der Waals surface area contributed by atoms with E-state index in [9.17, 15) is 18.4 Å². The number of nitrogens with zero attached hydrogens (tertiary/aromatic N) is 2. The summed E-state index contributed by atoms with van der Waals surface area (Å²) in [6.45, 7) is 7.85. The summed E-state index contributed by atoms with van der Waals surface area (Å²) < 4.78 is 27.5. The molecule has 3 rings (SSSR count). The third kappa shape index (κ3) is 4.20. The van der Waals surface area contributed by atoms with Crippen LogP contribution in [-0.4, -0.2) is 33.9 Å². The molecule has 0 bridgehead atoms. The SMILES string of the molecule is CCN(CC(=O)Nc1c(F)cccc1F)C(C)c1nc2sc(C)c(C)c2c(=O)[nH]1. The van der Waals surface area contributed by atoms with Crippen molar-refractivity contribution >= 4 is 33.1 Å². The van der Waals surface area contributed by atoms with Gasteiger partial charge in [0.1, 0.15) is 28.0 Å². The number of para-hydroxylation sites is 1. The molecule has 0 saturated heterocycles. The van der Waals surface area contributed by atoms with Gasteiger partial charge in [-0.05, 0) is 45.0 Å². The van der Waals surface area contributed by atoms with Gasteiger partial charge in [0.15, 0.2) is 0 Å². The number of rotatable bonds is 6. The zero-order chi connectivity index (χ0) is 21.3. The largest absolute Gasteiger partial charge is 0.320 e. The van der Waals surface area contributed by atoms with Gasteiger partial charge in [0.2, 0.25) is 5.91 Å². The number of halogens is 2. The van der Waals surface area contributed by atoms with Crippen LogP contribution in [0, 0.1) is 25.5 Å². The first-order valence-electron chi connectivity index (χ1n) is 9.20. The molecule has 2 aromatic heterocycles. The average Bonchev–Trinajstić information content (AvgIpc) is 2.96. The lowest BCUT2D eigenvalue weighted by Crippen LogP contribution is -2.36. The number of carbonyl (C=O) groups excluding carboxylic acids is 1. The number of hydrogen-bond acceptors (Lipinski definition) is 5. The highest BCUT2D eigenvalue weighted by Crippen LogP contribution is 2.27. The third-order valence-corrected chi connectivity index (χ3v) is 6.08. The monoisotopic (exact) mass is 420 g/mol. The Morgan fingerprint density at radius 2 is 1.97 bits per heavy atom. The zero-order valence-corrected chi connectivity index (χ0v) is 17.4. The molecule has 0 aliphatic carbocycles. The molecule has 3 aromatic rings. The van der Waals surface area contributed by atoms with Crippen LogP contribution in [0.4, 0.5) is 14.5 Å². The molecule has 0 radical (unpaired) electrons. The standard InChI is InChI=1S/C20H22F2N4O2S/c1-5-26(9-15(27)23-17-13(21)7-6-8-14(17)22)11(3)18-24-19(28)16-10(2)12(4)29-20(16)25-18/h6-8,11H,5,9H2,1-4H3,(H,23,27)(H,24,25,28). The average molecular weight is 420 g/mol. The Labute approximate surface area is 170 Å². The predicted molar refractivity (Wildman–Crippen MR) is 110 cm³/mol. The topological polar surface area (TPSA) is 78.1 Å². The minimum Gasteiger partial charge on any atom is -0.320 e. The van der Waals surface area contributed by atoms with Crippen molar-refractivity contribution in [3.05, 3.63) is 56.5 Å². The fourth-order valence-corrected chi connectivity index (χ4v) is 4.18. The number of H-pyrrole nitrogens is 1. The van der Waals surface area contributed by atoms with Crippen LogP contribution in [0.1, 0.15) is 36.2 Å². The number of fused-ring (bicyclic) bond motifs is 1. The molecule has 2 heterocycles. The summed E-state index contributed by atoms with van der Waals surface area (Å²) in [6, 6.07) is 3.00. The number of likely N-dealkylation sites (N-methyl/N-ethyl adjacent to an activating group) is 1. The van der Waals surface area contributed by atoms with Crippen molar-refractivity contribution < 1.29 is 13.6 Å². The van der Waals surface area contributed by atoms with E-state index in [2.05, 4.69) is 15.3 Å². The zero-order valence-electron chi connectivity index (χ0n) is 16.6. The molecule has 0 aliphatic rings. The number of amides is 1. The van der Waals surface area contributed by atoms with Gasteiger partial charge >= 0.3 is 0 Å². The number of carbonyl (C=O) groups is 1. The lowest BCUT2D eigenvalue weighted by Gasteiger charge is -2.26. The van der Waals surface area contributed by atoms with E-state index < -0.39 is 23.2 Å². The van der Waals surface area contributed by atoms with E-state index in [-0.39, 0.29) is 18.1 Å². The molecule has 1 atom stereocenters. The molecule has 1 aromatic carbocycles. The van der Waals surface area contributed by atoms with Crippen LogP contribution in [-0.2, 0) is 4.79 Å². The van der Waals surface area contributed by atoms with Crippen molar-refractivity contribution in [3.63, 3.8) is 0 Å². The molecule has 0 saturated carbocycles. The Morgan fingerprint density at radius 1 is 1.31 bits per heavy atom. The van der Waals surface area contributed by atoms with Crippen molar-refractivity contribution in [1.29, 1.82) is 0 Å². The van der Waals surface area contributed by atoms with Crippen molar-refractivity contribution in [3.8, 4) is 0 Å². The molecule has 0 spiro atoms. The van der Waals surface area contributed by atoms with Crippen LogP contribution in [0.25, 0.3) is 10.2 Å². The summed E-state index contributed by atoms with van der Waals surface area (Å²) in [6.07, 6.45) is 0. The maximum absolute atomic E-state index is 13.8. The first-order chi connectivity index (χ1) is 13.7. The Bertz CT molecular complexity index is 1110. The van der Waals surface area contributed by atoms with E-state index in [1.54, 1.807) is 4.90 Å². The number of benzene rings is 1. The fourth-order valence-electron chi connectivity index (χ4n) is 3.15. The summed E-state index contributed by atoms with van der Waals surface area (Å²) in [4.78, 5) is 35.7. The maximum Gasteiger partial charge on any atom is 0.259 e. The smallest absolute Gasteiger partial charge is 0.259 e. The molecule has 154 valence electrons. The van der Waals surface area contributed by atoms with Gasteiger partial charge in [-0.2, -0.15) is 0 Å². The van der Waals surface area contributed by atoms with Crippen LogP contribution < -0.4 is 10.9 Å². The number of nitrogens with one attached hydrogen (secondary N) is 2. The van der Waals surface area contributed by atoms with Crippen LogP contribution in [0.15, 0.2) is 23.0 Å². The van der Waals surface area contributed by atoms with E-state index in [1.807, 2.05) is 27.7 Å². The van der Waals surface area contributed by atoms with Crippen molar-refractivity contribution in [2.75, 3.05) is 18.4 Å². The van der Waals surface area contributed by atoms with Crippen LogP contribution in [0.5, 0.6) is 0 Å². The van der Waals surface area contributed by atoms with Gasteiger partial charge in [-0.15, -0.1) is 11.3 Å². The van der Waals surface area contributed by atoms with Crippen molar-refractivity contribution in [1.82, 2.24) is 14.9 Å². The van der Waals surface area contributed by atoms with Gasteiger partial charge in [0, 0.05) is 4.88 Å². The molecule has 29 heavy (non-hydrogen) atoms. The lowest BCUT2D eigenvalue weighted by molar-refractivity contribution is -0.117. The van der Waals surface area contributed by atoms with Crippen molar-refractivity contribution in [2.24, 2.45) is 0 Å². The highest BCUT2D eigenvalue weighted by Gasteiger charge is 2.22. The summed E-state index contributed by atoms with van der Waals surface area (Å²) >= 11 is 1.45. The minimum absolute atomic E-state index is 0.115. The molecule has 6 nitrogen and oxygen atoms in total. The van der Waals surface area contributed by atoms with E-state index in [1.165, 1.54) is 17.4 Å². The lowest BCUT2D eigenvalue weighted by atomic mass is 10.2. The second-order valence-corrected chi connectivity index (χ2v) is 8.00. The van der Waals surface area contributed by atoms with Crippen LogP contribution in [0.2, 0.25) is 0 Å². The van der Waals surface area contributed by atoms with Gasteiger partial charge in [0.25, 0.3) is 5.56 Å². The van der Waals surface area contributed by atoms with Gasteiger partial charge < -0.3 is 10.3 Å².